The van der Waals surface area contributed by atoms with Crippen LogP contribution in [0.5, 0.6) is 0 Å². The first kappa shape index (κ1) is 13.8. The van der Waals surface area contributed by atoms with Crippen LogP contribution in [0, 0.1) is 0 Å². The monoisotopic (exact) mass is 323 g/mol. The van der Waals surface area contributed by atoms with Crippen LogP contribution < -0.4 is 5.32 Å². The number of ether oxygens (including phenoxy) is 1. The highest BCUT2D eigenvalue weighted by Crippen LogP contribution is 2.49. The standard InChI is InChI=1S/C15H18ClN3OS/c1-9-5-15(6-12(19-9)11-7-17-18-8-11)14-10(2-3-20-15)4-13(16)21-14/h4,7-9,12,19H,2-3,5-6H2,1H3,(H,17,18)/t9-,12-,15-/m0/s1. The van der Waals surface area contributed by atoms with Gasteiger partial charge in [0.2, 0.25) is 0 Å². The van der Waals surface area contributed by atoms with Crippen molar-refractivity contribution in [1.29, 1.82) is 0 Å². The average molecular weight is 324 g/mol. The van der Waals surface area contributed by atoms with E-state index in [1.807, 2.05) is 12.4 Å². The van der Waals surface area contributed by atoms with Gasteiger partial charge in [-0.05, 0) is 31.4 Å². The van der Waals surface area contributed by atoms with Gasteiger partial charge in [-0.25, -0.2) is 0 Å². The topological polar surface area (TPSA) is 49.9 Å². The smallest absolute Gasteiger partial charge is 0.106 e. The summed E-state index contributed by atoms with van der Waals surface area (Å²) >= 11 is 7.94. The Morgan fingerprint density at radius 2 is 2.38 bits per heavy atom. The van der Waals surface area contributed by atoms with E-state index < -0.39 is 0 Å². The molecular weight excluding hydrogens is 306 g/mol. The fourth-order valence-corrected chi connectivity index (χ4v) is 5.19. The third kappa shape index (κ3) is 2.32. The van der Waals surface area contributed by atoms with Crippen LogP contribution in [0.3, 0.4) is 0 Å². The number of piperidine rings is 1. The molecule has 4 rings (SSSR count). The number of halogens is 1. The molecule has 1 saturated heterocycles. The lowest BCUT2D eigenvalue weighted by molar-refractivity contribution is -0.0954. The fourth-order valence-electron chi connectivity index (χ4n) is 3.73. The van der Waals surface area contributed by atoms with E-state index in [-0.39, 0.29) is 11.6 Å². The molecule has 112 valence electrons. The third-order valence-corrected chi connectivity index (χ3v) is 6.01. The van der Waals surface area contributed by atoms with Crippen molar-refractivity contribution in [2.75, 3.05) is 6.61 Å². The van der Waals surface area contributed by atoms with Crippen LogP contribution in [0.1, 0.15) is 41.8 Å². The van der Waals surface area contributed by atoms with Crippen LogP contribution in [0.15, 0.2) is 18.5 Å². The molecular formula is C15H18ClN3OS. The molecule has 0 bridgehead atoms. The Kier molecular flexibility index (Phi) is 3.34. The molecule has 21 heavy (non-hydrogen) atoms. The molecule has 0 aromatic carbocycles. The van der Waals surface area contributed by atoms with Crippen molar-refractivity contribution in [3.8, 4) is 0 Å². The average Bonchev–Trinajstić information content (AvgIpc) is 3.07. The van der Waals surface area contributed by atoms with Crippen molar-refractivity contribution in [3.63, 3.8) is 0 Å². The summed E-state index contributed by atoms with van der Waals surface area (Å²) in [6, 6.07) is 2.77. The maximum absolute atomic E-state index is 6.33. The summed E-state index contributed by atoms with van der Waals surface area (Å²) in [6.45, 7) is 3.01. The van der Waals surface area contributed by atoms with Crippen LogP contribution in [-0.4, -0.2) is 22.8 Å². The van der Waals surface area contributed by atoms with E-state index in [0.717, 1.165) is 30.2 Å². The molecule has 2 aromatic rings. The number of hydrogen-bond acceptors (Lipinski definition) is 4. The van der Waals surface area contributed by atoms with E-state index >= 15 is 0 Å². The molecule has 4 heterocycles. The van der Waals surface area contributed by atoms with Gasteiger partial charge in [-0.2, -0.15) is 5.10 Å². The van der Waals surface area contributed by atoms with Crippen LogP contribution in [0.4, 0.5) is 0 Å². The van der Waals surface area contributed by atoms with Crippen LogP contribution in [0.25, 0.3) is 0 Å². The SMILES string of the molecule is C[C@H]1C[C@@]2(C[C@@H](c3cn[nH]c3)N1)OCCc1cc(Cl)sc12. The number of H-pyrrole nitrogens is 1. The molecule has 2 aromatic heterocycles. The van der Waals surface area contributed by atoms with Gasteiger partial charge >= 0.3 is 0 Å². The zero-order chi connectivity index (χ0) is 14.4. The second-order valence-corrected chi connectivity index (χ2v) is 7.74. The molecule has 3 atom stereocenters. The van der Waals surface area contributed by atoms with Gasteiger partial charge < -0.3 is 10.1 Å². The van der Waals surface area contributed by atoms with Crippen LogP contribution in [0.2, 0.25) is 4.34 Å². The number of thiophene rings is 1. The Bertz CT molecular complexity index is 641. The molecule has 2 N–H and O–H groups in total. The van der Waals surface area contributed by atoms with Crippen molar-refractivity contribution in [2.45, 2.75) is 43.9 Å². The first-order valence-corrected chi connectivity index (χ1v) is 8.53. The van der Waals surface area contributed by atoms with Crippen LogP contribution in [-0.2, 0) is 16.8 Å². The van der Waals surface area contributed by atoms with Crippen molar-refractivity contribution in [1.82, 2.24) is 15.5 Å². The maximum Gasteiger partial charge on any atom is 0.106 e. The third-order valence-electron chi connectivity index (χ3n) is 4.52. The predicted octanol–water partition coefficient (Wildman–Crippen LogP) is 3.41. The number of nitrogens with one attached hydrogen (secondary N) is 2. The van der Waals surface area contributed by atoms with Gasteiger partial charge in [0.15, 0.2) is 0 Å². The number of fused-ring (bicyclic) bond motifs is 2. The van der Waals surface area contributed by atoms with E-state index in [1.54, 1.807) is 11.3 Å². The van der Waals surface area contributed by atoms with Gasteiger partial charge in [0.1, 0.15) is 5.60 Å². The summed E-state index contributed by atoms with van der Waals surface area (Å²) in [5.41, 5.74) is 2.37. The summed E-state index contributed by atoms with van der Waals surface area (Å²) in [7, 11) is 0. The predicted molar refractivity (Wildman–Crippen MR) is 83.8 cm³/mol. The largest absolute Gasteiger partial charge is 0.369 e. The van der Waals surface area contributed by atoms with Gasteiger partial charge in [0, 0.05) is 35.1 Å². The number of nitrogens with zero attached hydrogens (tertiary/aromatic N) is 1. The lowest BCUT2D eigenvalue weighted by Crippen LogP contribution is -2.49. The zero-order valence-electron chi connectivity index (χ0n) is 11.9. The fraction of sp³-hybridized carbons (Fsp3) is 0.533. The molecule has 0 radical (unpaired) electrons. The molecule has 4 nitrogen and oxygen atoms in total. The van der Waals surface area contributed by atoms with E-state index in [0.29, 0.717) is 6.04 Å². The number of rotatable bonds is 1. The molecule has 2 aliphatic rings. The number of aromatic amines is 1. The first-order valence-electron chi connectivity index (χ1n) is 7.34. The van der Waals surface area contributed by atoms with Gasteiger partial charge in [-0.15, -0.1) is 11.3 Å². The van der Waals surface area contributed by atoms with Gasteiger partial charge in [-0.1, -0.05) is 11.6 Å². The number of hydrogen-bond donors (Lipinski definition) is 2. The Balaban J connectivity index is 1.73. The summed E-state index contributed by atoms with van der Waals surface area (Å²) in [6.07, 6.45) is 6.76. The van der Waals surface area contributed by atoms with Crippen molar-refractivity contribution in [3.05, 3.63) is 38.8 Å². The highest BCUT2D eigenvalue weighted by atomic mass is 35.5. The Morgan fingerprint density at radius 1 is 1.48 bits per heavy atom. The quantitative estimate of drug-likeness (QED) is 0.845. The summed E-state index contributed by atoms with van der Waals surface area (Å²) in [5.74, 6) is 0. The molecule has 2 aliphatic heterocycles. The molecule has 0 amide bonds. The minimum atomic E-state index is -0.196. The lowest BCUT2D eigenvalue weighted by Gasteiger charge is -2.46. The minimum Gasteiger partial charge on any atom is -0.369 e. The summed E-state index contributed by atoms with van der Waals surface area (Å²) in [4.78, 5) is 1.33. The lowest BCUT2D eigenvalue weighted by atomic mass is 9.78. The molecule has 0 saturated carbocycles. The highest BCUT2D eigenvalue weighted by Gasteiger charge is 2.46. The minimum absolute atomic E-state index is 0.196. The Morgan fingerprint density at radius 3 is 3.19 bits per heavy atom. The molecule has 0 aliphatic carbocycles. The van der Waals surface area contributed by atoms with E-state index in [1.165, 1.54) is 16.0 Å². The maximum atomic E-state index is 6.33. The summed E-state index contributed by atoms with van der Waals surface area (Å²) in [5, 5.41) is 10.6. The second kappa shape index (κ2) is 5.09. The van der Waals surface area contributed by atoms with E-state index in [4.69, 9.17) is 16.3 Å². The first-order chi connectivity index (χ1) is 10.2. The Labute approximate surface area is 132 Å². The van der Waals surface area contributed by atoms with Crippen molar-refractivity contribution < 1.29 is 4.74 Å². The van der Waals surface area contributed by atoms with Crippen molar-refractivity contribution >= 4 is 22.9 Å². The highest BCUT2D eigenvalue weighted by molar-refractivity contribution is 7.16. The van der Waals surface area contributed by atoms with E-state index in [2.05, 4.69) is 28.5 Å². The number of aromatic nitrogens is 2. The van der Waals surface area contributed by atoms with Gasteiger partial charge in [0.25, 0.3) is 0 Å². The summed E-state index contributed by atoms with van der Waals surface area (Å²) < 4.78 is 7.20. The van der Waals surface area contributed by atoms with Crippen molar-refractivity contribution in [2.24, 2.45) is 0 Å². The normalized spacial score (nSPS) is 32.3. The second-order valence-electron chi connectivity index (χ2n) is 6.06. The Hall–Kier alpha value is -0.880. The van der Waals surface area contributed by atoms with Gasteiger partial charge in [-0.3, -0.25) is 5.10 Å². The molecule has 1 fully saturated rings. The van der Waals surface area contributed by atoms with Gasteiger partial charge in [0.05, 0.1) is 17.1 Å². The zero-order valence-corrected chi connectivity index (χ0v) is 13.4. The molecule has 0 unspecified atom stereocenters. The molecule has 1 spiro atoms. The van der Waals surface area contributed by atoms with Crippen LogP contribution >= 0.6 is 22.9 Å². The van der Waals surface area contributed by atoms with E-state index in [9.17, 15) is 0 Å². The molecule has 6 heteroatoms.